The smallest absolute Gasteiger partial charge is 0.274 e. The van der Waals surface area contributed by atoms with Crippen molar-refractivity contribution < 1.29 is 14.7 Å². The Labute approximate surface area is 134 Å². The summed E-state index contributed by atoms with van der Waals surface area (Å²) < 4.78 is 0. The third kappa shape index (κ3) is 5.10. The van der Waals surface area contributed by atoms with Gasteiger partial charge in [-0.1, -0.05) is 24.6 Å². The van der Waals surface area contributed by atoms with Crippen LogP contribution in [0, 0.1) is 6.92 Å². The van der Waals surface area contributed by atoms with Crippen LogP contribution in [-0.2, 0) is 4.79 Å². The number of nitrogens with two attached hydrogens (primary N) is 2. The molecule has 6 nitrogen and oxygen atoms in total. The molecular formula is C15H23N3O3S. The van der Waals surface area contributed by atoms with Crippen molar-refractivity contribution >= 4 is 23.6 Å². The number of aliphatic hydroxyl groups excluding tert-OH is 1. The van der Waals surface area contributed by atoms with Gasteiger partial charge in [0.05, 0.1) is 0 Å². The minimum absolute atomic E-state index is 0.281. The van der Waals surface area contributed by atoms with Crippen molar-refractivity contribution in [1.82, 2.24) is 5.01 Å². The number of benzene rings is 1. The highest BCUT2D eigenvalue weighted by Crippen LogP contribution is 2.09. The predicted octanol–water partition coefficient (Wildman–Crippen LogP) is 0.669. The number of rotatable bonds is 7. The van der Waals surface area contributed by atoms with Gasteiger partial charge in [0, 0.05) is 11.6 Å². The van der Waals surface area contributed by atoms with Gasteiger partial charge in [0.1, 0.15) is 6.10 Å². The summed E-state index contributed by atoms with van der Waals surface area (Å²) in [5, 5.41) is 10.4. The molecule has 2 amide bonds. The Morgan fingerprint density at radius 3 is 2.45 bits per heavy atom. The highest BCUT2D eigenvalue weighted by molar-refractivity contribution is 7.99. The van der Waals surface area contributed by atoms with E-state index in [1.165, 1.54) is 0 Å². The number of hydrazine groups is 1. The van der Waals surface area contributed by atoms with Gasteiger partial charge in [-0.05, 0) is 37.0 Å². The number of aliphatic hydroxyl groups is 1. The number of aryl methyl sites for hydroxylation is 1. The number of imide groups is 1. The first-order valence-electron chi connectivity index (χ1n) is 7.09. The van der Waals surface area contributed by atoms with E-state index in [-0.39, 0.29) is 5.56 Å². The molecule has 1 unspecified atom stereocenters. The van der Waals surface area contributed by atoms with Crippen LogP contribution in [0.25, 0.3) is 0 Å². The lowest BCUT2D eigenvalue weighted by Crippen LogP contribution is -2.53. The Kier molecular flexibility index (Phi) is 7.53. The zero-order valence-corrected chi connectivity index (χ0v) is 13.7. The summed E-state index contributed by atoms with van der Waals surface area (Å²) in [6.07, 6.45) is -1.02. The summed E-state index contributed by atoms with van der Waals surface area (Å²) in [6, 6.07) is 5.90. The molecule has 0 radical (unpaired) electrons. The molecule has 7 heteroatoms. The number of thioether (sulfide) groups is 1. The van der Waals surface area contributed by atoms with E-state index in [0.717, 1.165) is 17.1 Å². The van der Waals surface area contributed by atoms with Gasteiger partial charge in [0.15, 0.2) is 0 Å². The van der Waals surface area contributed by atoms with Crippen LogP contribution in [0.5, 0.6) is 0 Å². The average molecular weight is 325 g/mol. The first kappa shape index (κ1) is 18.6. The van der Waals surface area contributed by atoms with Crippen LogP contribution in [0.3, 0.4) is 0 Å². The molecule has 5 N–H and O–H groups in total. The Bertz CT molecular complexity index is 507. The van der Waals surface area contributed by atoms with Crippen molar-refractivity contribution in [2.75, 3.05) is 11.5 Å². The number of hydrogen-bond acceptors (Lipinski definition) is 6. The van der Waals surface area contributed by atoms with Crippen molar-refractivity contribution in [3.8, 4) is 0 Å². The van der Waals surface area contributed by atoms with E-state index in [0.29, 0.717) is 11.4 Å². The van der Waals surface area contributed by atoms with E-state index in [9.17, 15) is 14.7 Å². The molecular weight excluding hydrogens is 302 g/mol. The Balaban J connectivity index is 2.66. The maximum Gasteiger partial charge on any atom is 0.274 e. The number of nitrogens with zero attached hydrogens (tertiary/aromatic N) is 1. The second kappa shape index (κ2) is 8.89. The van der Waals surface area contributed by atoms with Gasteiger partial charge in [-0.3, -0.25) is 9.59 Å². The molecule has 0 bridgehead atoms. The molecule has 0 heterocycles. The standard InChI is InChI=1S/C15H23N3O3S/c1-3-22-9-8-12(16)13(19)15(21)18(17)14(20)11-6-4-10(2)5-7-11/h4-7,12-13,19H,3,8-9,16-17H2,1-2H3/t12-,13?/m1/s1. The lowest BCUT2D eigenvalue weighted by Gasteiger charge is -2.22. The van der Waals surface area contributed by atoms with Crippen LogP contribution < -0.4 is 11.6 Å². The molecule has 22 heavy (non-hydrogen) atoms. The fourth-order valence-electron chi connectivity index (χ4n) is 1.78. The second-order valence-corrected chi connectivity index (χ2v) is 6.37. The molecule has 1 rings (SSSR count). The zero-order chi connectivity index (χ0) is 16.7. The number of amides is 2. The molecule has 0 aliphatic carbocycles. The Hall–Kier alpha value is -1.41. The lowest BCUT2D eigenvalue weighted by molar-refractivity contribution is -0.138. The SMILES string of the molecule is CCSCC[C@@H](N)C(O)C(=O)N(N)C(=O)c1ccc(C)cc1. The summed E-state index contributed by atoms with van der Waals surface area (Å²) in [7, 11) is 0. The molecule has 1 aromatic carbocycles. The van der Waals surface area contributed by atoms with E-state index in [1.54, 1.807) is 36.0 Å². The summed E-state index contributed by atoms with van der Waals surface area (Å²) in [6.45, 7) is 3.90. The molecule has 122 valence electrons. The summed E-state index contributed by atoms with van der Waals surface area (Å²) in [4.78, 5) is 24.2. The molecule has 0 saturated heterocycles. The fourth-order valence-corrected chi connectivity index (χ4v) is 2.51. The maximum absolute atomic E-state index is 12.1. The quantitative estimate of drug-likeness (QED) is 0.294. The van der Waals surface area contributed by atoms with Crippen molar-refractivity contribution in [3.05, 3.63) is 35.4 Å². The lowest BCUT2D eigenvalue weighted by atomic mass is 10.1. The first-order chi connectivity index (χ1) is 10.4. The molecule has 0 saturated carbocycles. The first-order valence-corrected chi connectivity index (χ1v) is 8.25. The summed E-state index contributed by atoms with van der Waals surface area (Å²) in [5.74, 6) is 5.65. The summed E-state index contributed by atoms with van der Waals surface area (Å²) in [5.41, 5.74) is 7.05. The van der Waals surface area contributed by atoms with Gasteiger partial charge in [-0.25, -0.2) is 10.9 Å². The Morgan fingerprint density at radius 2 is 1.91 bits per heavy atom. The third-order valence-corrected chi connectivity index (χ3v) is 4.15. The van der Waals surface area contributed by atoms with E-state index in [2.05, 4.69) is 0 Å². The molecule has 0 aliphatic rings. The number of carbonyl (C=O) groups is 2. The van der Waals surface area contributed by atoms with Crippen molar-refractivity contribution in [3.63, 3.8) is 0 Å². The van der Waals surface area contributed by atoms with E-state index < -0.39 is 24.0 Å². The molecule has 1 aromatic rings. The monoisotopic (exact) mass is 325 g/mol. The van der Waals surface area contributed by atoms with Gasteiger partial charge >= 0.3 is 0 Å². The fraction of sp³-hybridized carbons (Fsp3) is 0.467. The largest absolute Gasteiger partial charge is 0.382 e. The number of hydrogen-bond donors (Lipinski definition) is 3. The van der Waals surface area contributed by atoms with Crippen LogP contribution in [0.4, 0.5) is 0 Å². The highest BCUT2D eigenvalue weighted by atomic mass is 32.2. The Morgan fingerprint density at radius 1 is 1.32 bits per heavy atom. The average Bonchev–Trinajstić information content (AvgIpc) is 2.52. The van der Waals surface area contributed by atoms with Gasteiger partial charge in [-0.15, -0.1) is 0 Å². The van der Waals surface area contributed by atoms with Gasteiger partial charge < -0.3 is 10.8 Å². The van der Waals surface area contributed by atoms with Crippen LogP contribution in [0.2, 0.25) is 0 Å². The molecule has 0 aliphatic heterocycles. The van der Waals surface area contributed by atoms with Crippen molar-refractivity contribution in [2.45, 2.75) is 32.4 Å². The zero-order valence-electron chi connectivity index (χ0n) is 12.9. The van der Waals surface area contributed by atoms with Crippen LogP contribution in [-0.4, -0.2) is 45.6 Å². The minimum Gasteiger partial charge on any atom is -0.382 e. The van der Waals surface area contributed by atoms with Crippen LogP contribution in [0.1, 0.15) is 29.3 Å². The number of carbonyl (C=O) groups excluding carboxylic acids is 2. The molecule has 0 aromatic heterocycles. The predicted molar refractivity (Wildman–Crippen MR) is 88.1 cm³/mol. The van der Waals surface area contributed by atoms with Gasteiger partial charge in [0.25, 0.3) is 11.8 Å². The molecule has 0 spiro atoms. The van der Waals surface area contributed by atoms with Crippen LogP contribution >= 0.6 is 11.8 Å². The normalized spacial score (nSPS) is 13.5. The summed E-state index contributed by atoms with van der Waals surface area (Å²) >= 11 is 1.66. The van der Waals surface area contributed by atoms with Crippen molar-refractivity contribution in [2.24, 2.45) is 11.6 Å². The van der Waals surface area contributed by atoms with E-state index in [4.69, 9.17) is 11.6 Å². The minimum atomic E-state index is -1.49. The molecule has 2 atom stereocenters. The van der Waals surface area contributed by atoms with Crippen LogP contribution in [0.15, 0.2) is 24.3 Å². The maximum atomic E-state index is 12.1. The molecule has 0 fully saturated rings. The van der Waals surface area contributed by atoms with Gasteiger partial charge in [0.2, 0.25) is 0 Å². The van der Waals surface area contributed by atoms with Gasteiger partial charge in [-0.2, -0.15) is 11.8 Å². The third-order valence-electron chi connectivity index (χ3n) is 3.21. The second-order valence-electron chi connectivity index (χ2n) is 4.97. The van der Waals surface area contributed by atoms with Crippen molar-refractivity contribution in [1.29, 1.82) is 0 Å². The van der Waals surface area contributed by atoms with E-state index >= 15 is 0 Å². The topological polar surface area (TPSA) is 110 Å². The highest BCUT2D eigenvalue weighted by Gasteiger charge is 2.30. The van der Waals surface area contributed by atoms with E-state index in [1.807, 2.05) is 13.8 Å².